The van der Waals surface area contributed by atoms with E-state index in [1.54, 1.807) is 6.20 Å². The maximum atomic E-state index is 5.43. The zero-order valence-electron chi connectivity index (χ0n) is 15.9. The first-order valence-corrected chi connectivity index (χ1v) is 9.61. The molecular weight excluding hydrogens is 354 g/mol. The van der Waals surface area contributed by atoms with Crippen LogP contribution in [0.2, 0.25) is 0 Å². The minimum Gasteiger partial charge on any atom is -0.379 e. The standard InChI is InChI=1S/C20H23N7O/c1-14-16-13-15(22-20-19-17(23-24-20)3-2-6-21-19)4-5-18(16)27(25-14)8-7-26-9-11-28-12-10-26/h2-6,13H,7-12H2,1H3,(H2,22,23,24). The second-order valence-electron chi connectivity index (χ2n) is 7.09. The van der Waals surface area contributed by atoms with Crippen molar-refractivity contribution in [3.8, 4) is 0 Å². The summed E-state index contributed by atoms with van der Waals surface area (Å²) in [5, 5.41) is 16.6. The van der Waals surface area contributed by atoms with E-state index in [9.17, 15) is 0 Å². The number of nitrogens with one attached hydrogen (secondary N) is 2. The van der Waals surface area contributed by atoms with Gasteiger partial charge in [0.25, 0.3) is 0 Å². The van der Waals surface area contributed by atoms with Gasteiger partial charge in [0, 0.05) is 36.9 Å². The zero-order valence-corrected chi connectivity index (χ0v) is 15.9. The summed E-state index contributed by atoms with van der Waals surface area (Å²) in [6.07, 6.45) is 1.77. The third kappa shape index (κ3) is 3.21. The van der Waals surface area contributed by atoms with Crippen LogP contribution >= 0.6 is 0 Å². The van der Waals surface area contributed by atoms with E-state index >= 15 is 0 Å². The van der Waals surface area contributed by atoms with Gasteiger partial charge in [-0.3, -0.25) is 19.7 Å². The first-order chi connectivity index (χ1) is 13.8. The molecule has 0 radical (unpaired) electrons. The van der Waals surface area contributed by atoms with Gasteiger partial charge in [-0.25, -0.2) is 0 Å². The van der Waals surface area contributed by atoms with Crippen molar-refractivity contribution in [1.29, 1.82) is 0 Å². The maximum absolute atomic E-state index is 5.43. The third-order valence-electron chi connectivity index (χ3n) is 5.25. The molecule has 0 aliphatic carbocycles. The summed E-state index contributed by atoms with van der Waals surface area (Å²) in [6.45, 7) is 7.57. The third-order valence-corrected chi connectivity index (χ3v) is 5.25. The molecule has 3 aromatic heterocycles. The summed E-state index contributed by atoms with van der Waals surface area (Å²) in [5.41, 5.74) is 4.91. The van der Waals surface area contributed by atoms with Crippen LogP contribution in [0.3, 0.4) is 0 Å². The Bertz CT molecular complexity index is 1110. The van der Waals surface area contributed by atoms with Crippen LogP contribution in [0.4, 0.5) is 11.5 Å². The summed E-state index contributed by atoms with van der Waals surface area (Å²) in [7, 11) is 0. The normalized spacial score (nSPS) is 15.5. The van der Waals surface area contributed by atoms with Crippen molar-refractivity contribution in [3.63, 3.8) is 0 Å². The van der Waals surface area contributed by atoms with E-state index in [1.165, 1.54) is 0 Å². The highest BCUT2D eigenvalue weighted by atomic mass is 16.5. The zero-order chi connectivity index (χ0) is 18.9. The molecule has 4 aromatic rings. The van der Waals surface area contributed by atoms with Gasteiger partial charge in [-0.15, -0.1) is 0 Å². The number of benzene rings is 1. The van der Waals surface area contributed by atoms with Gasteiger partial charge in [0.15, 0.2) is 5.82 Å². The molecule has 0 bridgehead atoms. The van der Waals surface area contributed by atoms with Gasteiger partial charge < -0.3 is 10.1 Å². The van der Waals surface area contributed by atoms with Crippen LogP contribution in [0.5, 0.6) is 0 Å². The molecule has 4 heterocycles. The number of hydrogen-bond donors (Lipinski definition) is 2. The molecule has 0 unspecified atom stereocenters. The highest BCUT2D eigenvalue weighted by Gasteiger charge is 2.13. The number of H-pyrrole nitrogens is 1. The van der Waals surface area contributed by atoms with Crippen LogP contribution in [0, 0.1) is 6.92 Å². The molecular formula is C20H23N7O. The Labute approximate surface area is 162 Å². The van der Waals surface area contributed by atoms with Gasteiger partial charge in [-0.05, 0) is 37.3 Å². The summed E-state index contributed by atoms with van der Waals surface area (Å²) < 4.78 is 7.53. The highest BCUT2D eigenvalue weighted by Crippen LogP contribution is 2.26. The van der Waals surface area contributed by atoms with Crippen LogP contribution < -0.4 is 5.32 Å². The fourth-order valence-electron chi connectivity index (χ4n) is 3.73. The molecule has 144 valence electrons. The first-order valence-electron chi connectivity index (χ1n) is 9.61. The van der Waals surface area contributed by atoms with E-state index in [4.69, 9.17) is 9.84 Å². The van der Waals surface area contributed by atoms with Crippen LogP contribution in [0.15, 0.2) is 36.5 Å². The fourth-order valence-corrected chi connectivity index (χ4v) is 3.73. The molecule has 1 aromatic carbocycles. The van der Waals surface area contributed by atoms with Crippen molar-refractivity contribution in [1.82, 2.24) is 29.9 Å². The van der Waals surface area contributed by atoms with E-state index in [-0.39, 0.29) is 0 Å². The number of aromatic nitrogens is 5. The number of aryl methyl sites for hydroxylation is 1. The molecule has 8 nitrogen and oxygen atoms in total. The summed E-state index contributed by atoms with van der Waals surface area (Å²) in [5.74, 6) is 0.729. The quantitative estimate of drug-likeness (QED) is 0.556. The SMILES string of the molecule is Cc1nn(CCN2CCOCC2)c2ccc(Nc3n[nH]c4cccnc34)cc12. The minimum absolute atomic E-state index is 0.729. The summed E-state index contributed by atoms with van der Waals surface area (Å²) >= 11 is 0. The van der Waals surface area contributed by atoms with Gasteiger partial charge in [0.05, 0.1) is 36.5 Å². The average Bonchev–Trinajstić information content (AvgIpc) is 3.28. The molecule has 28 heavy (non-hydrogen) atoms. The van der Waals surface area contributed by atoms with Crippen molar-refractivity contribution in [3.05, 3.63) is 42.2 Å². The number of rotatable bonds is 5. The van der Waals surface area contributed by atoms with Crippen molar-refractivity contribution in [2.24, 2.45) is 0 Å². The number of hydrogen-bond acceptors (Lipinski definition) is 6. The predicted octanol–water partition coefficient (Wildman–Crippen LogP) is 2.69. The fraction of sp³-hybridized carbons (Fsp3) is 0.350. The lowest BCUT2D eigenvalue weighted by molar-refractivity contribution is 0.0361. The van der Waals surface area contributed by atoms with E-state index in [2.05, 4.69) is 55.2 Å². The van der Waals surface area contributed by atoms with Crippen LogP contribution in [-0.2, 0) is 11.3 Å². The molecule has 1 saturated heterocycles. The van der Waals surface area contributed by atoms with Crippen molar-refractivity contribution in [2.45, 2.75) is 13.5 Å². The van der Waals surface area contributed by atoms with Crippen molar-refractivity contribution < 1.29 is 4.74 Å². The molecule has 5 rings (SSSR count). The second kappa shape index (κ2) is 7.21. The lowest BCUT2D eigenvalue weighted by Crippen LogP contribution is -2.38. The lowest BCUT2D eigenvalue weighted by atomic mass is 10.2. The van der Waals surface area contributed by atoms with Crippen LogP contribution in [0.1, 0.15) is 5.69 Å². The Balaban J connectivity index is 1.38. The topological polar surface area (TPSA) is 83.9 Å². The van der Waals surface area contributed by atoms with E-state index in [0.717, 1.165) is 78.5 Å². The number of fused-ring (bicyclic) bond motifs is 2. The molecule has 1 fully saturated rings. The van der Waals surface area contributed by atoms with E-state index in [1.807, 2.05) is 12.1 Å². The van der Waals surface area contributed by atoms with Crippen LogP contribution in [0.25, 0.3) is 21.9 Å². The van der Waals surface area contributed by atoms with Gasteiger partial charge >= 0.3 is 0 Å². The van der Waals surface area contributed by atoms with Gasteiger partial charge in [-0.1, -0.05) is 0 Å². The van der Waals surface area contributed by atoms with Crippen LogP contribution in [-0.4, -0.2) is 62.7 Å². The van der Waals surface area contributed by atoms with Crippen molar-refractivity contribution in [2.75, 3.05) is 38.2 Å². The molecule has 0 saturated carbocycles. The molecule has 0 spiro atoms. The number of ether oxygens (including phenoxy) is 1. The average molecular weight is 377 g/mol. The Hall–Kier alpha value is -2.97. The van der Waals surface area contributed by atoms with Gasteiger partial charge in [-0.2, -0.15) is 10.2 Å². The Morgan fingerprint density at radius 2 is 2.07 bits per heavy atom. The summed E-state index contributed by atoms with van der Waals surface area (Å²) in [6, 6.07) is 10.2. The highest BCUT2D eigenvalue weighted by molar-refractivity contribution is 5.90. The maximum Gasteiger partial charge on any atom is 0.178 e. The number of pyridine rings is 1. The molecule has 1 aliphatic heterocycles. The Morgan fingerprint density at radius 1 is 1.18 bits per heavy atom. The Morgan fingerprint density at radius 3 is 2.96 bits per heavy atom. The second-order valence-corrected chi connectivity index (χ2v) is 7.09. The number of anilines is 2. The van der Waals surface area contributed by atoms with E-state index < -0.39 is 0 Å². The predicted molar refractivity (Wildman–Crippen MR) is 109 cm³/mol. The molecule has 2 N–H and O–H groups in total. The van der Waals surface area contributed by atoms with E-state index in [0.29, 0.717) is 0 Å². The summed E-state index contributed by atoms with van der Waals surface area (Å²) in [4.78, 5) is 6.83. The number of nitrogens with zero attached hydrogens (tertiary/aromatic N) is 5. The smallest absolute Gasteiger partial charge is 0.178 e. The molecule has 0 amide bonds. The molecule has 0 atom stereocenters. The van der Waals surface area contributed by atoms with Crippen molar-refractivity contribution >= 4 is 33.4 Å². The number of morpholine rings is 1. The first kappa shape index (κ1) is 17.2. The minimum atomic E-state index is 0.729. The lowest BCUT2D eigenvalue weighted by Gasteiger charge is -2.26. The Kier molecular flexibility index (Phi) is 4.42. The monoisotopic (exact) mass is 377 g/mol. The van der Waals surface area contributed by atoms with Gasteiger partial charge in [0.2, 0.25) is 0 Å². The largest absolute Gasteiger partial charge is 0.379 e. The molecule has 1 aliphatic rings. The van der Waals surface area contributed by atoms with Gasteiger partial charge in [0.1, 0.15) is 5.52 Å². The number of aromatic amines is 1. The molecule has 8 heteroatoms.